The largest absolute Gasteiger partial charge is 0.473 e. The summed E-state index contributed by atoms with van der Waals surface area (Å²) in [6.45, 7) is 2.31. The van der Waals surface area contributed by atoms with Crippen LogP contribution >= 0.6 is 0 Å². The second-order valence-electron chi connectivity index (χ2n) is 8.48. The van der Waals surface area contributed by atoms with E-state index in [1.54, 1.807) is 0 Å². The molecular formula is C29H25NO. The maximum Gasteiger partial charge on any atom is 0.178 e. The molecule has 2 heterocycles. The van der Waals surface area contributed by atoms with E-state index in [4.69, 9.17) is 4.74 Å². The van der Waals surface area contributed by atoms with E-state index in [1.165, 1.54) is 29.3 Å². The lowest BCUT2D eigenvalue weighted by Crippen LogP contribution is -2.34. The van der Waals surface area contributed by atoms with Gasteiger partial charge in [0.25, 0.3) is 0 Å². The SMILES string of the molecule is C1=CC(c2ccccc2)(c2ccc(N3CCCC3)cc2)Oc2ccc3ccccc3c21. The van der Waals surface area contributed by atoms with Gasteiger partial charge in [-0.05, 0) is 54.0 Å². The molecule has 1 fully saturated rings. The van der Waals surface area contributed by atoms with Crippen LogP contribution < -0.4 is 9.64 Å². The lowest BCUT2D eigenvalue weighted by Gasteiger charge is -2.36. The van der Waals surface area contributed by atoms with Gasteiger partial charge >= 0.3 is 0 Å². The van der Waals surface area contributed by atoms with Crippen molar-refractivity contribution >= 4 is 22.5 Å². The quantitative estimate of drug-likeness (QED) is 0.373. The van der Waals surface area contributed by atoms with Crippen LogP contribution in [-0.4, -0.2) is 13.1 Å². The van der Waals surface area contributed by atoms with Crippen molar-refractivity contribution in [3.8, 4) is 5.75 Å². The Morgan fingerprint density at radius 3 is 2.19 bits per heavy atom. The van der Waals surface area contributed by atoms with E-state index in [-0.39, 0.29) is 0 Å². The molecule has 1 saturated heterocycles. The van der Waals surface area contributed by atoms with Crippen molar-refractivity contribution in [1.82, 2.24) is 0 Å². The maximum absolute atomic E-state index is 6.86. The zero-order valence-electron chi connectivity index (χ0n) is 17.5. The van der Waals surface area contributed by atoms with Crippen molar-refractivity contribution in [2.45, 2.75) is 18.4 Å². The summed E-state index contributed by atoms with van der Waals surface area (Å²) in [5.41, 5.74) is 4.10. The summed E-state index contributed by atoms with van der Waals surface area (Å²) in [4.78, 5) is 2.47. The van der Waals surface area contributed by atoms with Crippen LogP contribution in [0.15, 0.2) is 97.1 Å². The third-order valence-electron chi connectivity index (χ3n) is 6.66. The molecule has 0 N–H and O–H groups in total. The van der Waals surface area contributed by atoms with E-state index < -0.39 is 5.60 Å². The van der Waals surface area contributed by atoms with Crippen molar-refractivity contribution in [2.24, 2.45) is 0 Å². The Morgan fingerprint density at radius 2 is 1.39 bits per heavy atom. The van der Waals surface area contributed by atoms with Crippen molar-refractivity contribution in [2.75, 3.05) is 18.0 Å². The summed E-state index contributed by atoms with van der Waals surface area (Å²) in [5, 5.41) is 2.46. The Morgan fingerprint density at radius 1 is 0.677 bits per heavy atom. The highest BCUT2D eigenvalue weighted by molar-refractivity contribution is 5.94. The highest BCUT2D eigenvalue weighted by Gasteiger charge is 2.37. The molecule has 2 aliphatic rings. The van der Waals surface area contributed by atoms with E-state index in [0.29, 0.717) is 0 Å². The number of rotatable bonds is 3. The van der Waals surface area contributed by atoms with E-state index in [1.807, 2.05) is 0 Å². The normalized spacial score (nSPS) is 19.9. The molecule has 4 aromatic rings. The number of benzene rings is 4. The molecule has 4 aromatic carbocycles. The van der Waals surface area contributed by atoms with Crippen LogP contribution in [0.3, 0.4) is 0 Å². The molecule has 1 atom stereocenters. The highest BCUT2D eigenvalue weighted by Crippen LogP contribution is 2.44. The van der Waals surface area contributed by atoms with Crippen molar-refractivity contribution < 1.29 is 4.74 Å². The van der Waals surface area contributed by atoms with Crippen LogP contribution in [0.4, 0.5) is 5.69 Å². The van der Waals surface area contributed by atoms with E-state index >= 15 is 0 Å². The van der Waals surface area contributed by atoms with E-state index in [0.717, 1.165) is 35.5 Å². The van der Waals surface area contributed by atoms with Gasteiger partial charge in [0.1, 0.15) is 5.75 Å². The number of anilines is 1. The minimum absolute atomic E-state index is 0.639. The van der Waals surface area contributed by atoms with Gasteiger partial charge in [0.2, 0.25) is 0 Å². The minimum Gasteiger partial charge on any atom is -0.473 e. The summed E-state index contributed by atoms with van der Waals surface area (Å²) < 4.78 is 6.86. The zero-order valence-corrected chi connectivity index (χ0v) is 17.5. The third kappa shape index (κ3) is 3.02. The van der Waals surface area contributed by atoms with Crippen LogP contribution in [0, 0.1) is 0 Å². The number of nitrogens with zero attached hydrogens (tertiary/aromatic N) is 1. The summed E-state index contributed by atoms with van der Waals surface area (Å²) in [7, 11) is 0. The molecule has 1 unspecified atom stereocenters. The molecule has 6 rings (SSSR count). The van der Waals surface area contributed by atoms with Gasteiger partial charge in [-0.25, -0.2) is 0 Å². The average molecular weight is 404 g/mol. The lowest BCUT2D eigenvalue weighted by atomic mass is 9.83. The summed E-state index contributed by atoms with van der Waals surface area (Å²) in [6, 6.07) is 32.3. The summed E-state index contributed by atoms with van der Waals surface area (Å²) in [5.74, 6) is 0.925. The van der Waals surface area contributed by atoms with Gasteiger partial charge in [0, 0.05) is 35.5 Å². The molecule has 31 heavy (non-hydrogen) atoms. The second-order valence-corrected chi connectivity index (χ2v) is 8.48. The first-order chi connectivity index (χ1) is 15.3. The standard InChI is InChI=1S/C29H25NO/c1-2-9-23(10-3-1)29(24-13-15-25(16-14-24)30-20-6-7-21-30)19-18-27-26-11-5-4-8-22(26)12-17-28(27)31-29/h1-5,8-19H,6-7,20-21H2. The Hall–Kier alpha value is -3.52. The number of ether oxygens (including phenoxy) is 1. The van der Waals surface area contributed by atoms with Crippen molar-refractivity contribution in [3.63, 3.8) is 0 Å². The average Bonchev–Trinajstić information content (AvgIpc) is 3.39. The van der Waals surface area contributed by atoms with Crippen LogP contribution in [0.1, 0.15) is 29.5 Å². The van der Waals surface area contributed by atoms with Crippen molar-refractivity contribution in [3.05, 3.63) is 114 Å². The molecule has 2 aliphatic heterocycles. The molecule has 0 aromatic heterocycles. The van der Waals surface area contributed by atoms with Gasteiger partial charge < -0.3 is 9.64 Å². The highest BCUT2D eigenvalue weighted by atomic mass is 16.5. The van der Waals surface area contributed by atoms with Gasteiger partial charge in [0.05, 0.1) is 0 Å². The Bertz CT molecular complexity index is 1250. The molecule has 2 nitrogen and oxygen atoms in total. The first kappa shape index (κ1) is 18.3. The van der Waals surface area contributed by atoms with E-state index in [2.05, 4.69) is 108 Å². The monoisotopic (exact) mass is 403 g/mol. The second kappa shape index (κ2) is 7.31. The summed E-state index contributed by atoms with van der Waals surface area (Å²) >= 11 is 0. The topological polar surface area (TPSA) is 12.5 Å². The smallest absolute Gasteiger partial charge is 0.178 e. The first-order valence-electron chi connectivity index (χ1n) is 11.1. The number of hydrogen-bond acceptors (Lipinski definition) is 2. The van der Waals surface area contributed by atoms with Crippen LogP contribution in [-0.2, 0) is 5.60 Å². The third-order valence-corrected chi connectivity index (χ3v) is 6.66. The molecular weight excluding hydrogens is 378 g/mol. The predicted octanol–water partition coefficient (Wildman–Crippen LogP) is 6.79. The number of hydrogen-bond donors (Lipinski definition) is 0. The van der Waals surface area contributed by atoms with Gasteiger partial charge in [-0.15, -0.1) is 0 Å². The van der Waals surface area contributed by atoms with Gasteiger partial charge in [0.15, 0.2) is 5.60 Å². The Balaban J connectivity index is 1.48. The molecule has 0 bridgehead atoms. The van der Waals surface area contributed by atoms with Gasteiger partial charge in [-0.3, -0.25) is 0 Å². The predicted molar refractivity (Wildman–Crippen MR) is 129 cm³/mol. The lowest BCUT2D eigenvalue weighted by molar-refractivity contribution is 0.161. The molecule has 2 heteroatoms. The molecule has 152 valence electrons. The number of fused-ring (bicyclic) bond motifs is 3. The Kier molecular flexibility index (Phi) is 4.31. The van der Waals surface area contributed by atoms with Gasteiger partial charge in [-0.1, -0.05) is 72.8 Å². The fraction of sp³-hybridized carbons (Fsp3) is 0.172. The summed E-state index contributed by atoms with van der Waals surface area (Å²) in [6.07, 6.45) is 7.03. The van der Waals surface area contributed by atoms with Crippen molar-refractivity contribution in [1.29, 1.82) is 0 Å². The molecule has 0 saturated carbocycles. The molecule has 0 radical (unpaired) electrons. The fourth-order valence-electron chi connectivity index (χ4n) is 5.00. The molecule has 0 aliphatic carbocycles. The Labute approximate surface area is 183 Å². The minimum atomic E-state index is -0.639. The maximum atomic E-state index is 6.86. The van der Waals surface area contributed by atoms with Crippen LogP contribution in [0.25, 0.3) is 16.8 Å². The molecule has 0 spiro atoms. The van der Waals surface area contributed by atoms with Gasteiger partial charge in [-0.2, -0.15) is 0 Å². The van der Waals surface area contributed by atoms with Crippen LogP contribution in [0.5, 0.6) is 5.75 Å². The molecule has 0 amide bonds. The zero-order chi connectivity index (χ0) is 20.7. The first-order valence-corrected chi connectivity index (χ1v) is 11.1. The van der Waals surface area contributed by atoms with Crippen LogP contribution in [0.2, 0.25) is 0 Å². The fourth-order valence-corrected chi connectivity index (χ4v) is 5.00. The van der Waals surface area contributed by atoms with E-state index in [9.17, 15) is 0 Å².